The van der Waals surface area contributed by atoms with Crippen molar-refractivity contribution in [3.8, 4) is 5.75 Å². The van der Waals surface area contributed by atoms with Crippen LogP contribution in [-0.2, 0) is 6.42 Å². The lowest BCUT2D eigenvalue weighted by atomic mass is 9.99. The second-order valence-electron chi connectivity index (χ2n) is 6.02. The Bertz CT molecular complexity index is 1130. The maximum atomic E-state index is 13.5. The van der Waals surface area contributed by atoms with Crippen LogP contribution in [0.25, 0.3) is 21.8 Å². The molecule has 3 aromatic carbocycles. The third-order valence-electron chi connectivity index (χ3n) is 4.39. The van der Waals surface area contributed by atoms with Crippen LogP contribution in [0.3, 0.4) is 0 Å². The molecule has 0 aliphatic rings. The summed E-state index contributed by atoms with van der Waals surface area (Å²) in [5.74, 6) is -0.778. The molecule has 4 aromatic rings. The van der Waals surface area contributed by atoms with Crippen molar-refractivity contribution in [1.82, 2.24) is 4.98 Å². The molecule has 0 unspecified atom stereocenters. The fourth-order valence-electron chi connectivity index (χ4n) is 3.31. The van der Waals surface area contributed by atoms with Gasteiger partial charge in [-0.1, -0.05) is 24.3 Å². The van der Waals surface area contributed by atoms with Crippen molar-refractivity contribution in [1.29, 1.82) is 0 Å². The topological polar surface area (TPSA) is 79.1 Å². The van der Waals surface area contributed by atoms with E-state index >= 15 is 0 Å². The molecule has 1 amide bonds. The molecule has 25 heavy (non-hydrogen) atoms. The van der Waals surface area contributed by atoms with Crippen LogP contribution in [0.4, 0.5) is 4.39 Å². The number of hydrogen-bond donors (Lipinski definition) is 3. The molecule has 0 atom stereocenters. The highest BCUT2D eigenvalue weighted by Gasteiger charge is 2.17. The lowest BCUT2D eigenvalue weighted by molar-refractivity contribution is 0.100. The number of aromatic amines is 1. The van der Waals surface area contributed by atoms with E-state index in [0.29, 0.717) is 33.8 Å². The number of phenolic OH excluding ortho intramolecular Hbond substituents is 1. The van der Waals surface area contributed by atoms with E-state index in [1.807, 2.05) is 12.1 Å². The number of nitrogens with one attached hydrogen (secondary N) is 1. The zero-order chi connectivity index (χ0) is 17.6. The highest BCUT2D eigenvalue weighted by Crippen LogP contribution is 2.37. The number of benzene rings is 3. The predicted octanol–water partition coefficient (Wildman–Crippen LogP) is 3.86. The van der Waals surface area contributed by atoms with E-state index in [1.54, 1.807) is 30.3 Å². The SMILES string of the molecule is NC(=O)c1cccc2[nH]c3c(Cc4cccc(F)c4)ccc(O)c3c12. The van der Waals surface area contributed by atoms with Gasteiger partial charge in [0, 0.05) is 16.5 Å². The van der Waals surface area contributed by atoms with Gasteiger partial charge in [0.15, 0.2) is 0 Å². The lowest BCUT2D eigenvalue weighted by Crippen LogP contribution is -2.10. The maximum Gasteiger partial charge on any atom is 0.249 e. The van der Waals surface area contributed by atoms with Gasteiger partial charge in [0.05, 0.1) is 10.9 Å². The minimum atomic E-state index is -0.554. The molecule has 0 aliphatic carbocycles. The molecule has 4 rings (SSSR count). The Balaban J connectivity index is 1.99. The molecule has 0 saturated heterocycles. The second kappa shape index (κ2) is 5.63. The van der Waals surface area contributed by atoms with Crippen molar-refractivity contribution in [2.24, 2.45) is 5.73 Å². The molecular formula is C20H15FN2O2. The van der Waals surface area contributed by atoms with E-state index in [9.17, 15) is 14.3 Å². The normalized spacial score (nSPS) is 11.2. The third kappa shape index (κ3) is 2.50. The van der Waals surface area contributed by atoms with E-state index in [1.165, 1.54) is 12.1 Å². The first-order valence-electron chi connectivity index (χ1n) is 7.84. The Kier molecular flexibility index (Phi) is 3.42. The number of halogens is 1. The summed E-state index contributed by atoms with van der Waals surface area (Å²) >= 11 is 0. The van der Waals surface area contributed by atoms with Crippen molar-refractivity contribution >= 4 is 27.7 Å². The van der Waals surface area contributed by atoms with Crippen LogP contribution in [0.5, 0.6) is 5.75 Å². The number of amides is 1. The molecule has 4 nitrogen and oxygen atoms in total. The molecule has 0 radical (unpaired) electrons. The van der Waals surface area contributed by atoms with E-state index in [-0.39, 0.29) is 11.6 Å². The zero-order valence-corrected chi connectivity index (χ0v) is 13.2. The third-order valence-corrected chi connectivity index (χ3v) is 4.39. The number of primary amides is 1. The molecule has 0 spiro atoms. The number of carbonyl (C=O) groups excluding carboxylic acids is 1. The Labute approximate surface area is 142 Å². The van der Waals surface area contributed by atoms with Crippen LogP contribution in [0.15, 0.2) is 54.6 Å². The molecule has 1 aromatic heterocycles. The standard InChI is InChI=1S/C20H15FN2O2/c21-13-4-1-3-11(10-13)9-12-7-8-16(24)18-17-14(20(22)25)5-2-6-15(17)23-19(12)18/h1-8,10,23-24H,9H2,(H2,22,25). The summed E-state index contributed by atoms with van der Waals surface area (Å²) in [6.45, 7) is 0. The minimum absolute atomic E-state index is 0.0675. The van der Waals surface area contributed by atoms with Crippen LogP contribution in [0.2, 0.25) is 0 Å². The number of aromatic nitrogens is 1. The van der Waals surface area contributed by atoms with E-state index in [0.717, 1.165) is 11.1 Å². The Morgan fingerprint density at radius 1 is 1.08 bits per heavy atom. The molecule has 0 bridgehead atoms. The van der Waals surface area contributed by atoms with Gasteiger partial charge in [-0.15, -0.1) is 0 Å². The molecular weight excluding hydrogens is 319 g/mol. The quantitative estimate of drug-likeness (QED) is 0.532. The number of phenols is 1. The highest BCUT2D eigenvalue weighted by molar-refractivity contribution is 6.19. The van der Waals surface area contributed by atoms with Crippen LogP contribution in [0.1, 0.15) is 21.5 Å². The number of aromatic hydroxyl groups is 1. The number of rotatable bonds is 3. The van der Waals surface area contributed by atoms with Gasteiger partial charge in [-0.2, -0.15) is 0 Å². The first-order valence-corrected chi connectivity index (χ1v) is 7.84. The van der Waals surface area contributed by atoms with Crippen LogP contribution >= 0.6 is 0 Å². The molecule has 0 fully saturated rings. The summed E-state index contributed by atoms with van der Waals surface area (Å²) in [5, 5.41) is 11.5. The van der Waals surface area contributed by atoms with Gasteiger partial charge in [0.25, 0.3) is 0 Å². The van der Waals surface area contributed by atoms with Crippen molar-refractivity contribution < 1.29 is 14.3 Å². The van der Waals surface area contributed by atoms with Crippen LogP contribution < -0.4 is 5.73 Å². The molecule has 0 aliphatic heterocycles. The second-order valence-corrected chi connectivity index (χ2v) is 6.02. The fraction of sp³-hybridized carbons (Fsp3) is 0.0500. The van der Waals surface area contributed by atoms with Crippen molar-refractivity contribution in [2.75, 3.05) is 0 Å². The van der Waals surface area contributed by atoms with Gasteiger partial charge in [-0.25, -0.2) is 4.39 Å². The van der Waals surface area contributed by atoms with Gasteiger partial charge in [0.1, 0.15) is 11.6 Å². The van der Waals surface area contributed by atoms with Gasteiger partial charge in [-0.05, 0) is 47.9 Å². The summed E-state index contributed by atoms with van der Waals surface area (Å²) in [5.41, 5.74) is 8.98. The van der Waals surface area contributed by atoms with Gasteiger partial charge < -0.3 is 15.8 Å². The monoisotopic (exact) mass is 334 g/mol. The van der Waals surface area contributed by atoms with E-state index in [4.69, 9.17) is 5.73 Å². The lowest BCUT2D eigenvalue weighted by Gasteiger charge is -2.06. The average Bonchev–Trinajstić information content (AvgIpc) is 2.98. The highest BCUT2D eigenvalue weighted by atomic mass is 19.1. The molecule has 0 saturated carbocycles. The summed E-state index contributed by atoms with van der Waals surface area (Å²) in [6, 6.07) is 15.0. The molecule has 1 heterocycles. The number of hydrogen-bond acceptors (Lipinski definition) is 2. The first kappa shape index (κ1) is 15.2. The van der Waals surface area contributed by atoms with Gasteiger partial charge >= 0.3 is 0 Å². The number of carbonyl (C=O) groups is 1. The van der Waals surface area contributed by atoms with E-state index < -0.39 is 5.91 Å². The molecule has 4 N–H and O–H groups in total. The fourth-order valence-corrected chi connectivity index (χ4v) is 3.31. The van der Waals surface area contributed by atoms with Gasteiger partial charge in [0.2, 0.25) is 5.91 Å². The summed E-state index contributed by atoms with van der Waals surface area (Å²) in [6.07, 6.45) is 0.493. The van der Waals surface area contributed by atoms with Crippen LogP contribution in [0, 0.1) is 5.82 Å². The molecule has 5 heteroatoms. The smallest absolute Gasteiger partial charge is 0.249 e. The minimum Gasteiger partial charge on any atom is -0.507 e. The van der Waals surface area contributed by atoms with Crippen molar-refractivity contribution in [3.63, 3.8) is 0 Å². The largest absolute Gasteiger partial charge is 0.507 e. The van der Waals surface area contributed by atoms with Gasteiger partial charge in [-0.3, -0.25) is 4.79 Å². The number of H-pyrrole nitrogens is 1. The average molecular weight is 334 g/mol. The van der Waals surface area contributed by atoms with Crippen molar-refractivity contribution in [3.05, 3.63) is 77.1 Å². The summed E-state index contributed by atoms with van der Waals surface area (Å²) in [7, 11) is 0. The molecule has 124 valence electrons. The van der Waals surface area contributed by atoms with Crippen LogP contribution in [-0.4, -0.2) is 16.0 Å². The summed E-state index contributed by atoms with van der Waals surface area (Å²) < 4.78 is 13.5. The maximum absolute atomic E-state index is 13.5. The zero-order valence-electron chi connectivity index (χ0n) is 13.2. The number of nitrogens with two attached hydrogens (primary N) is 1. The first-order chi connectivity index (χ1) is 12.0. The van der Waals surface area contributed by atoms with Crippen molar-refractivity contribution in [2.45, 2.75) is 6.42 Å². The number of fused-ring (bicyclic) bond motifs is 3. The Morgan fingerprint density at radius 2 is 1.88 bits per heavy atom. The van der Waals surface area contributed by atoms with E-state index in [2.05, 4.69) is 4.98 Å². The predicted molar refractivity (Wildman–Crippen MR) is 95.2 cm³/mol. The Hall–Kier alpha value is -3.34. The summed E-state index contributed by atoms with van der Waals surface area (Å²) in [4.78, 5) is 15.0. The Morgan fingerprint density at radius 3 is 2.64 bits per heavy atom.